The van der Waals surface area contributed by atoms with Crippen molar-refractivity contribution in [2.45, 2.75) is 0 Å². The van der Waals surface area contributed by atoms with E-state index in [0.717, 1.165) is 5.56 Å². The van der Waals surface area contributed by atoms with E-state index < -0.39 is 0 Å². The van der Waals surface area contributed by atoms with Gasteiger partial charge in [0.15, 0.2) is 0 Å². The van der Waals surface area contributed by atoms with Gasteiger partial charge in [-0.2, -0.15) is 0 Å². The van der Waals surface area contributed by atoms with Gasteiger partial charge in [-0.25, -0.2) is 0 Å². The van der Waals surface area contributed by atoms with E-state index in [1.54, 1.807) is 6.08 Å². The summed E-state index contributed by atoms with van der Waals surface area (Å²) in [5, 5.41) is 7.57. The third-order valence-electron chi connectivity index (χ3n) is 3.65. The summed E-state index contributed by atoms with van der Waals surface area (Å²) in [5.74, 6) is 0. The second-order valence-corrected chi connectivity index (χ2v) is 4.59. The molecule has 0 bridgehead atoms. The fourth-order valence-electron chi connectivity index (χ4n) is 2.82. The van der Waals surface area contributed by atoms with E-state index in [9.17, 15) is 0 Å². The van der Waals surface area contributed by atoms with Crippen LogP contribution < -0.4 is 0 Å². The molecule has 0 saturated heterocycles. The van der Waals surface area contributed by atoms with Crippen molar-refractivity contribution >= 4 is 38.4 Å². The van der Waals surface area contributed by atoms with Crippen molar-refractivity contribution in [2.75, 3.05) is 0 Å². The van der Waals surface area contributed by atoms with Crippen LogP contribution in [-0.2, 0) is 0 Å². The van der Waals surface area contributed by atoms with Crippen molar-refractivity contribution in [3.05, 3.63) is 66.7 Å². The lowest BCUT2D eigenvalue weighted by molar-refractivity contribution is 1.74. The van der Waals surface area contributed by atoms with E-state index in [0.29, 0.717) is 0 Å². The highest BCUT2D eigenvalue weighted by Crippen LogP contribution is 2.35. The lowest BCUT2D eigenvalue weighted by atomic mass is 9.92. The van der Waals surface area contributed by atoms with E-state index in [-0.39, 0.29) is 0 Å². The van der Waals surface area contributed by atoms with Crippen LogP contribution in [-0.4, -0.2) is 0 Å². The summed E-state index contributed by atoms with van der Waals surface area (Å²) in [4.78, 5) is 0. The summed E-state index contributed by atoms with van der Waals surface area (Å²) in [6.45, 7) is 5.69. The van der Waals surface area contributed by atoms with Gasteiger partial charge >= 0.3 is 0 Å². The predicted molar refractivity (Wildman–Crippen MR) is 77.7 cm³/mol. The molecule has 0 spiro atoms. The number of benzene rings is 4. The first-order chi connectivity index (χ1) is 8.88. The van der Waals surface area contributed by atoms with E-state index in [2.05, 4.69) is 48.5 Å². The Morgan fingerprint density at radius 1 is 0.833 bits per heavy atom. The molecule has 0 nitrogen and oxygen atoms in total. The summed E-state index contributed by atoms with van der Waals surface area (Å²) in [6, 6.07) is 20.3. The molecule has 4 aromatic rings. The quantitative estimate of drug-likeness (QED) is 0.408. The van der Waals surface area contributed by atoms with Crippen LogP contribution >= 0.6 is 0 Å². The molecule has 82 valence electrons. The van der Waals surface area contributed by atoms with Crippen molar-refractivity contribution in [1.82, 2.24) is 0 Å². The van der Waals surface area contributed by atoms with Gasteiger partial charge < -0.3 is 0 Å². The predicted octanol–water partition coefficient (Wildman–Crippen LogP) is 4.83. The zero-order valence-electron chi connectivity index (χ0n) is 9.77. The zero-order chi connectivity index (χ0) is 12.1. The molecule has 18 heavy (non-hydrogen) atoms. The Bertz CT molecular complexity index is 868. The van der Waals surface area contributed by atoms with Gasteiger partial charge in [0.1, 0.15) is 0 Å². The molecule has 0 heteroatoms. The minimum absolute atomic E-state index is 0.973. The third kappa shape index (κ3) is 1.10. The summed E-state index contributed by atoms with van der Waals surface area (Å²) >= 11 is 0. The van der Waals surface area contributed by atoms with Gasteiger partial charge in [-0.05, 0) is 50.0 Å². The third-order valence-corrected chi connectivity index (χ3v) is 3.65. The molecule has 0 unspecified atom stereocenters. The maximum atomic E-state index is 5.69. The van der Waals surface area contributed by atoms with Crippen LogP contribution in [0.2, 0.25) is 0 Å². The first-order valence-electron chi connectivity index (χ1n) is 6.01. The highest BCUT2D eigenvalue weighted by molar-refractivity contribution is 6.24. The van der Waals surface area contributed by atoms with E-state index in [1.807, 2.05) is 6.07 Å². The molecule has 0 amide bonds. The second-order valence-electron chi connectivity index (χ2n) is 4.59. The summed E-state index contributed by atoms with van der Waals surface area (Å²) in [7, 11) is 0. The minimum atomic E-state index is 0.973. The van der Waals surface area contributed by atoms with Crippen molar-refractivity contribution in [1.29, 1.82) is 0 Å². The van der Waals surface area contributed by atoms with E-state index in [1.165, 1.54) is 32.3 Å². The molecule has 4 aromatic carbocycles. The maximum absolute atomic E-state index is 5.69. The summed E-state index contributed by atoms with van der Waals surface area (Å²) in [5.41, 5.74) is 0.973. The average Bonchev–Trinajstić information content (AvgIpc) is 2.44. The van der Waals surface area contributed by atoms with Gasteiger partial charge in [0.05, 0.1) is 0 Å². The SMILES string of the molecule is [CH]=Cc1[c]cc2ccc3cccc4ccc1c2c34. The smallest absolute Gasteiger partial charge is 0.00203 e. The average molecular weight is 226 g/mol. The Kier molecular flexibility index (Phi) is 1.79. The fourth-order valence-corrected chi connectivity index (χ4v) is 2.82. The number of hydrogen-bond acceptors (Lipinski definition) is 0. The maximum Gasteiger partial charge on any atom is -0.00203 e. The highest BCUT2D eigenvalue weighted by Gasteiger charge is 2.08. The lowest BCUT2D eigenvalue weighted by Gasteiger charge is -2.11. The van der Waals surface area contributed by atoms with Gasteiger partial charge in [0, 0.05) is 0 Å². The molecule has 0 fully saturated rings. The lowest BCUT2D eigenvalue weighted by Crippen LogP contribution is -1.85. The molecule has 0 aliphatic carbocycles. The van der Waals surface area contributed by atoms with E-state index in [4.69, 9.17) is 6.58 Å². The van der Waals surface area contributed by atoms with Crippen LogP contribution in [0.15, 0.2) is 48.5 Å². The van der Waals surface area contributed by atoms with Crippen molar-refractivity contribution < 1.29 is 0 Å². The summed E-state index contributed by atoms with van der Waals surface area (Å²) in [6.07, 6.45) is 1.63. The van der Waals surface area contributed by atoms with Crippen LogP contribution in [0, 0.1) is 12.6 Å². The monoisotopic (exact) mass is 226 g/mol. The fraction of sp³-hybridized carbons (Fsp3) is 0. The molecule has 0 heterocycles. The molecule has 0 aliphatic rings. The molecule has 0 aliphatic heterocycles. The molecule has 0 N–H and O–H groups in total. The van der Waals surface area contributed by atoms with Crippen LogP contribution in [0.25, 0.3) is 38.4 Å². The largest absolute Gasteiger partial charge is 0.0616 e. The van der Waals surface area contributed by atoms with Crippen LogP contribution in [0.5, 0.6) is 0 Å². The Hall–Kier alpha value is -2.34. The van der Waals surface area contributed by atoms with Gasteiger partial charge in [0.25, 0.3) is 0 Å². The molecule has 0 saturated carbocycles. The first-order valence-corrected chi connectivity index (χ1v) is 6.01. The van der Waals surface area contributed by atoms with Gasteiger partial charge in [0.2, 0.25) is 0 Å². The highest BCUT2D eigenvalue weighted by atomic mass is 14.1. The topological polar surface area (TPSA) is 0 Å². The van der Waals surface area contributed by atoms with Crippen molar-refractivity contribution in [3.63, 3.8) is 0 Å². The number of rotatable bonds is 1. The Balaban J connectivity index is 2.43. The molecule has 2 radical (unpaired) electrons. The Morgan fingerprint density at radius 3 is 2.33 bits per heavy atom. The first kappa shape index (κ1) is 9.67. The van der Waals surface area contributed by atoms with Gasteiger partial charge in [-0.15, -0.1) is 0 Å². The van der Waals surface area contributed by atoms with Crippen molar-refractivity contribution in [2.24, 2.45) is 0 Å². The molecule has 4 rings (SSSR count). The normalized spacial score (nSPS) is 11.6. The second kappa shape index (κ2) is 3.33. The van der Waals surface area contributed by atoms with E-state index >= 15 is 0 Å². The minimum Gasteiger partial charge on any atom is -0.0616 e. The summed E-state index contributed by atoms with van der Waals surface area (Å²) < 4.78 is 0. The van der Waals surface area contributed by atoms with Crippen molar-refractivity contribution in [3.8, 4) is 0 Å². The van der Waals surface area contributed by atoms with Gasteiger partial charge in [-0.3, -0.25) is 0 Å². The van der Waals surface area contributed by atoms with Crippen LogP contribution in [0.4, 0.5) is 0 Å². The molecule has 0 atom stereocenters. The van der Waals surface area contributed by atoms with Crippen LogP contribution in [0.1, 0.15) is 5.56 Å². The Labute approximate surface area is 105 Å². The molecule has 0 aromatic heterocycles. The zero-order valence-corrected chi connectivity index (χ0v) is 9.77. The standard InChI is InChI=1S/C18H10/c1-2-12-6-7-15-9-8-13-4-3-5-14-10-11-16(12)18(15)17(13)14/h1-5,7-11H. The molecular weight excluding hydrogens is 216 g/mol. The van der Waals surface area contributed by atoms with Gasteiger partial charge in [-0.1, -0.05) is 55.1 Å². The number of hydrogen-bond donors (Lipinski definition) is 0. The van der Waals surface area contributed by atoms with Crippen LogP contribution in [0.3, 0.4) is 0 Å². The Morgan fingerprint density at radius 2 is 1.56 bits per heavy atom. The molecular formula is C18H10.